The van der Waals surface area contributed by atoms with Gasteiger partial charge in [-0.25, -0.2) is 4.79 Å². The average Bonchev–Trinajstić information content (AvgIpc) is 1.86. The van der Waals surface area contributed by atoms with Gasteiger partial charge in [0.1, 0.15) is 6.04 Å². The summed E-state index contributed by atoms with van der Waals surface area (Å²) in [5.41, 5.74) is 2.03. The third-order valence-electron chi connectivity index (χ3n) is 0.826. The highest BCUT2D eigenvalue weighted by Crippen LogP contribution is 1.80. The van der Waals surface area contributed by atoms with Gasteiger partial charge >= 0.3 is 11.9 Å². The number of nitrogens with one attached hydrogen (secondary N) is 1. The first-order valence-corrected chi connectivity index (χ1v) is 2.86. The maximum atomic E-state index is 10.1. The first kappa shape index (κ1) is 9.86. The topological polar surface area (TPSA) is 95.9 Å². The number of rotatable bonds is 5. The van der Waals surface area contributed by atoms with Crippen LogP contribution in [0.4, 0.5) is 0 Å². The van der Waals surface area contributed by atoms with Gasteiger partial charge in [0, 0.05) is 0 Å². The van der Waals surface area contributed by atoms with E-state index in [4.69, 9.17) is 10.2 Å². The van der Waals surface area contributed by atoms with Crippen LogP contribution in [0.3, 0.4) is 0 Å². The molecule has 0 saturated carbocycles. The molecule has 0 aromatic carbocycles. The Morgan fingerprint density at radius 3 is 2.45 bits per heavy atom. The zero-order chi connectivity index (χ0) is 8.85. The second-order valence-electron chi connectivity index (χ2n) is 1.86. The van der Waals surface area contributed by atoms with Crippen molar-refractivity contribution in [3.05, 3.63) is 0 Å². The Morgan fingerprint density at radius 1 is 1.55 bits per heavy atom. The van der Waals surface area contributed by atoms with Crippen LogP contribution in [0.15, 0.2) is 0 Å². The number of hydrogen-bond acceptors (Lipinski definition) is 4. The smallest absolute Gasteiger partial charge is 0.331 e. The maximum absolute atomic E-state index is 10.1. The molecule has 3 N–H and O–H groups in total. The molecule has 0 fully saturated rings. The minimum Gasteiger partial charge on any atom is -0.480 e. The number of hydroxylamine groups is 1. The van der Waals surface area contributed by atoms with Crippen LogP contribution in [0.2, 0.25) is 0 Å². The molecule has 0 saturated heterocycles. The molecule has 0 radical (unpaired) electrons. The SMILES string of the molecule is C[C@H](NOCC(=O)O)C(=O)O. The fraction of sp³-hybridized carbons (Fsp3) is 0.600. The monoisotopic (exact) mass is 163 g/mol. The van der Waals surface area contributed by atoms with Crippen molar-refractivity contribution in [2.75, 3.05) is 6.61 Å². The summed E-state index contributed by atoms with van der Waals surface area (Å²) in [5.74, 6) is -2.26. The quantitative estimate of drug-likeness (QED) is 0.453. The van der Waals surface area contributed by atoms with Gasteiger partial charge in [-0.15, -0.1) is 0 Å². The van der Waals surface area contributed by atoms with E-state index in [0.29, 0.717) is 0 Å². The van der Waals surface area contributed by atoms with Gasteiger partial charge in [0.15, 0.2) is 6.61 Å². The Hall–Kier alpha value is -1.14. The van der Waals surface area contributed by atoms with Crippen LogP contribution < -0.4 is 5.48 Å². The van der Waals surface area contributed by atoms with Crippen LogP contribution in [-0.4, -0.2) is 34.8 Å². The van der Waals surface area contributed by atoms with E-state index in [1.54, 1.807) is 0 Å². The van der Waals surface area contributed by atoms with Gasteiger partial charge in [-0.1, -0.05) is 0 Å². The van der Waals surface area contributed by atoms with E-state index in [9.17, 15) is 9.59 Å². The first-order valence-electron chi connectivity index (χ1n) is 2.86. The summed E-state index contributed by atoms with van der Waals surface area (Å²) in [6.45, 7) is 0.780. The standard InChI is InChI=1S/C5H9NO5/c1-3(5(9)10)6-11-2-4(7)8/h3,6H,2H2,1H3,(H,7,8)(H,9,10)/t3-/m0/s1. The van der Waals surface area contributed by atoms with Gasteiger partial charge in [-0.05, 0) is 6.92 Å². The highest BCUT2D eigenvalue weighted by atomic mass is 16.7. The van der Waals surface area contributed by atoms with E-state index in [1.165, 1.54) is 6.92 Å². The normalized spacial score (nSPS) is 12.5. The molecule has 1 atom stereocenters. The Morgan fingerprint density at radius 2 is 2.09 bits per heavy atom. The van der Waals surface area contributed by atoms with Crippen molar-refractivity contribution < 1.29 is 24.6 Å². The van der Waals surface area contributed by atoms with Crippen molar-refractivity contribution in [3.63, 3.8) is 0 Å². The summed E-state index contributed by atoms with van der Waals surface area (Å²) in [6, 6.07) is -0.908. The van der Waals surface area contributed by atoms with Crippen molar-refractivity contribution in [1.29, 1.82) is 0 Å². The molecule has 0 bridgehead atoms. The van der Waals surface area contributed by atoms with E-state index in [2.05, 4.69) is 4.84 Å². The minimum atomic E-state index is -1.16. The van der Waals surface area contributed by atoms with Crippen LogP contribution in [0.25, 0.3) is 0 Å². The fourth-order valence-electron chi connectivity index (χ4n) is 0.279. The molecule has 0 aliphatic rings. The summed E-state index contributed by atoms with van der Waals surface area (Å²) in [4.78, 5) is 24.2. The molecule has 0 rings (SSSR count). The Balaban J connectivity index is 3.39. The molecule has 0 unspecified atom stereocenters. The van der Waals surface area contributed by atoms with Gasteiger partial charge in [-0.2, -0.15) is 5.48 Å². The second kappa shape index (κ2) is 4.64. The van der Waals surface area contributed by atoms with E-state index in [-0.39, 0.29) is 0 Å². The molecular weight excluding hydrogens is 154 g/mol. The van der Waals surface area contributed by atoms with Gasteiger partial charge in [0.25, 0.3) is 0 Å². The molecule has 0 amide bonds. The van der Waals surface area contributed by atoms with Gasteiger partial charge < -0.3 is 10.2 Å². The number of carboxylic acids is 2. The van der Waals surface area contributed by atoms with Crippen molar-refractivity contribution in [1.82, 2.24) is 5.48 Å². The number of carbonyl (C=O) groups is 2. The maximum Gasteiger partial charge on any atom is 0.331 e. The van der Waals surface area contributed by atoms with Crippen molar-refractivity contribution in [3.8, 4) is 0 Å². The highest BCUT2D eigenvalue weighted by molar-refractivity contribution is 5.72. The number of hydrogen-bond donors (Lipinski definition) is 3. The third-order valence-corrected chi connectivity index (χ3v) is 0.826. The molecular formula is C5H9NO5. The van der Waals surface area contributed by atoms with Crippen LogP contribution in [-0.2, 0) is 14.4 Å². The molecule has 64 valence electrons. The molecule has 6 heteroatoms. The van der Waals surface area contributed by atoms with Crippen LogP contribution in [0.1, 0.15) is 6.92 Å². The summed E-state index contributed by atoms with van der Waals surface area (Å²) in [7, 11) is 0. The molecule has 6 nitrogen and oxygen atoms in total. The fourth-order valence-corrected chi connectivity index (χ4v) is 0.279. The van der Waals surface area contributed by atoms with E-state index in [0.717, 1.165) is 0 Å². The van der Waals surface area contributed by atoms with Gasteiger partial charge in [0.2, 0.25) is 0 Å². The lowest BCUT2D eigenvalue weighted by atomic mass is 10.4. The number of carboxylic acid groups (broad SMARTS) is 2. The summed E-state index contributed by atoms with van der Waals surface area (Å²) in [5, 5.41) is 16.3. The predicted octanol–water partition coefficient (Wildman–Crippen LogP) is -0.935. The molecule has 0 aromatic heterocycles. The molecule has 0 heterocycles. The Labute approximate surface area is 62.7 Å². The summed E-state index contributed by atoms with van der Waals surface area (Å²) < 4.78 is 0. The van der Waals surface area contributed by atoms with Gasteiger partial charge in [-0.3, -0.25) is 9.63 Å². The molecule has 11 heavy (non-hydrogen) atoms. The molecule has 0 aliphatic heterocycles. The summed E-state index contributed by atoms with van der Waals surface area (Å²) in [6.07, 6.45) is 0. The van der Waals surface area contributed by atoms with Crippen molar-refractivity contribution >= 4 is 11.9 Å². The largest absolute Gasteiger partial charge is 0.480 e. The van der Waals surface area contributed by atoms with Crippen molar-refractivity contribution in [2.45, 2.75) is 13.0 Å². The lowest BCUT2D eigenvalue weighted by molar-refractivity contribution is -0.152. The zero-order valence-electron chi connectivity index (χ0n) is 5.90. The predicted molar refractivity (Wildman–Crippen MR) is 33.8 cm³/mol. The number of aliphatic carboxylic acids is 2. The average molecular weight is 163 g/mol. The van der Waals surface area contributed by atoms with Gasteiger partial charge in [0.05, 0.1) is 0 Å². The van der Waals surface area contributed by atoms with Crippen LogP contribution in [0, 0.1) is 0 Å². The first-order chi connectivity index (χ1) is 5.04. The summed E-state index contributed by atoms with van der Waals surface area (Å²) >= 11 is 0. The second-order valence-corrected chi connectivity index (χ2v) is 1.86. The van der Waals surface area contributed by atoms with Crippen LogP contribution in [0.5, 0.6) is 0 Å². The molecule has 0 spiro atoms. The minimum absolute atomic E-state index is 0.558. The third kappa shape index (κ3) is 5.31. The lowest BCUT2D eigenvalue weighted by Crippen LogP contribution is -2.35. The van der Waals surface area contributed by atoms with Crippen molar-refractivity contribution in [2.24, 2.45) is 0 Å². The van der Waals surface area contributed by atoms with E-state index in [1.807, 2.05) is 5.48 Å². The van der Waals surface area contributed by atoms with E-state index >= 15 is 0 Å². The lowest BCUT2D eigenvalue weighted by Gasteiger charge is -2.06. The zero-order valence-corrected chi connectivity index (χ0v) is 5.90. The van der Waals surface area contributed by atoms with E-state index < -0.39 is 24.6 Å². The Kier molecular flexibility index (Phi) is 4.16. The molecule has 0 aromatic rings. The molecule has 0 aliphatic carbocycles. The highest BCUT2D eigenvalue weighted by Gasteiger charge is 2.09. The Bertz CT molecular complexity index is 157. The van der Waals surface area contributed by atoms with Crippen LogP contribution >= 0.6 is 0 Å².